The van der Waals surface area contributed by atoms with Crippen LogP contribution in [0.15, 0.2) is 36.9 Å². The van der Waals surface area contributed by atoms with E-state index < -0.39 is 29.5 Å². The Hall–Kier alpha value is -2.90. The Morgan fingerprint density at radius 2 is 1.58 bits per heavy atom. The lowest BCUT2D eigenvalue weighted by molar-refractivity contribution is 0.0903. The number of rotatable bonds is 6. The minimum Gasteiger partial charge on any atom is -0.350 e. The second kappa shape index (κ2) is 8.09. The topological polar surface area (TPSA) is 84.0 Å². The number of nitrogens with zero attached hydrogens (tertiary/aromatic N) is 2. The lowest BCUT2D eigenvalue weighted by atomic mass is 10.1. The normalized spacial score (nSPS) is 11.6. The fraction of sp³-hybridized carbons (Fsp3) is 0.250. The molecule has 126 valence electrons. The third kappa shape index (κ3) is 4.31. The first-order chi connectivity index (χ1) is 11.5. The molecule has 0 radical (unpaired) electrons. The van der Waals surface area contributed by atoms with E-state index in [1.54, 1.807) is 6.92 Å². The number of halogens is 2. The van der Waals surface area contributed by atoms with Crippen molar-refractivity contribution in [2.45, 2.75) is 19.4 Å². The molecule has 0 aliphatic rings. The first-order valence-corrected chi connectivity index (χ1v) is 7.31. The third-order valence-electron chi connectivity index (χ3n) is 3.37. The number of hydrogen-bond donors (Lipinski definition) is 2. The Kier molecular flexibility index (Phi) is 5.89. The van der Waals surface area contributed by atoms with E-state index in [9.17, 15) is 18.4 Å². The molecule has 2 aromatic heterocycles. The molecule has 0 unspecified atom stereocenters. The highest BCUT2D eigenvalue weighted by Gasteiger charge is 2.17. The molecule has 0 aliphatic heterocycles. The summed E-state index contributed by atoms with van der Waals surface area (Å²) in [5, 5.41) is 5.15. The summed E-state index contributed by atoms with van der Waals surface area (Å²) in [4.78, 5) is 31.1. The fourth-order valence-electron chi connectivity index (χ4n) is 1.99. The van der Waals surface area contributed by atoms with E-state index in [1.165, 1.54) is 24.5 Å². The fourth-order valence-corrected chi connectivity index (χ4v) is 1.99. The van der Waals surface area contributed by atoms with Crippen molar-refractivity contribution in [1.82, 2.24) is 20.6 Å². The van der Waals surface area contributed by atoms with Crippen LogP contribution in [0.1, 0.15) is 34.1 Å². The van der Waals surface area contributed by atoms with E-state index in [0.29, 0.717) is 6.42 Å². The SMILES string of the molecule is CC[C@H](CNC(=O)c1ccncc1F)NC(=O)c1ccncc1F. The van der Waals surface area contributed by atoms with Crippen molar-refractivity contribution in [2.24, 2.45) is 0 Å². The van der Waals surface area contributed by atoms with Gasteiger partial charge in [0.05, 0.1) is 23.5 Å². The first kappa shape index (κ1) is 17.5. The highest BCUT2D eigenvalue weighted by molar-refractivity contribution is 5.95. The van der Waals surface area contributed by atoms with Crippen LogP contribution in [-0.4, -0.2) is 34.4 Å². The molecule has 2 rings (SSSR count). The van der Waals surface area contributed by atoms with Crippen LogP contribution < -0.4 is 10.6 Å². The number of hydrogen-bond acceptors (Lipinski definition) is 4. The van der Waals surface area contributed by atoms with Gasteiger partial charge in [0, 0.05) is 25.0 Å². The monoisotopic (exact) mass is 334 g/mol. The number of amides is 2. The van der Waals surface area contributed by atoms with Crippen LogP contribution in [0, 0.1) is 11.6 Å². The molecule has 0 saturated heterocycles. The van der Waals surface area contributed by atoms with E-state index >= 15 is 0 Å². The quantitative estimate of drug-likeness (QED) is 0.842. The maximum atomic E-state index is 13.5. The Morgan fingerprint density at radius 1 is 1.04 bits per heavy atom. The van der Waals surface area contributed by atoms with E-state index in [-0.39, 0.29) is 17.7 Å². The standard InChI is InChI=1S/C16H16F2N4O2/c1-2-10(22-16(24)12-4-6-20-9-14(12)18)7-21-15(23)11-3-5-19-8-13(11)17/h3-6,8-10H,2,7H2,1H3,(H,21,23)(H,22,24)/t10-/m1/s1. The third-order valence-corrected chi connectivity index (χ3v) is 3.37. The van der Waals surface area contributed by atoms with Gasteiger partial charge in [-0.3, -0.25) is 19.6 Å². The molecule has 2 N–H and O–H groups in total. The molecular weight excluding hydrogens is 318 g/mol. The molecule has 2 heterocycles. The zero-order chi connectivity index (χ0) is 17.5. The van der Waals surface area contributed by atoms with Crippen molar-refractivity contribution >= 4 is 11.8 Å². The van der Waals surface area contributed by atoms with E-state index in [0.717, 1.165) is 12.4 Å². The van der Waals surface area contributed by atoms with Crippen LogP contribution >= 0.6 is 0 Å². The van der Waals surface area contributed by atoms with Gasteiger partial charge in [0.1, 0.15) is 0 Å². The molecule has 24 heavy (non-hydrogen) atoms. The Labute approximate surface area is 137 Å². The van der Waals surface area contributed by atoms with Crippen LogP contribution in [0.25, 0.3) is 0 Å². The average Bonchev–Trinajstić information content (AvgIpc) is 2.58. The lowest BCUT2D eigenvalue weighted by Gasteiger charge is -2.18. The molecule has 0 spiro atoms. The molecule has 0 bridgehead atoms. The molecular formula is C16H16F2N4O2. The molecule has 2 amide bonds. The second-order valence-electron chi connectivity index (χ2n) is 5.00. The van der Waals surface area contributed by atoms with Crippen LogP contribution in [0.4, 0.5) is 8.78 Å². The molecule has 6 nitrogen and oxygen atoms in total. The highest BCUT2D eigenvalue weighted by Crippen LogP contribution is 2.06. The number of carbonyl (C=O) groups excluding carboxylic acids is 2. The van der Waals surface area contributed by atoms with Gasteiger partial charge in [-0.1, -0.05) is 6.92 Å². The summed E-state index contributed by atoms with van der Waals surface area (Å²) in [7, 11) is 0. The van der Waals surface area contributed by atoms with Crippen molar-refractivity contribution in [3.63, 3.8) is 0 Å². The maximum Gasteiger partial charge on any atom is 0.254 e. The summed E-state index contributed by atoms with van der Waals surface area (Å²) < 4.78 is 27.0. The molecule has 0 saturated carbocycles. The van der Waals surface area contributed by atoms with Crippen LogP contribution in [0.5, 0.6) is 0 Å². The first-order valence-electron chi connectivity index (χ1n) is 7.31. The Balaban J connectivity index is 1.95. The summed E-state index contributed by atoms with van der Waals surface area (Å²) in [5.41, 5.74) is -0.263. The smallest absolute Gasteiger partial charge is 0.254 e. The van der Waals surface area contributed by atoms with E-state index in [4.69, 9.17) is 0 Å². The molecule has 0 fully saturated rings. The van der Waals surface area contributed by atoms with Gasteiger partial charge < -0.3 is 10.6 Å². The van der Waals surface area contributed by atoms with Gasteiger partial charge in [-0.25, -0.2) is 8.78 Å². The minimum absolute atomic E-state index is 0.0789. The summed E-state index contributed by atoms with van der Waals surface area (Å²) in [6, 6.07) is 2.10. The minimum atomic E-state index is -0.731. The van der Waals surface area contributed by atoms with Gasteiger partial charge in [-0.2, -0.15) is 0 Å². The van der Waals surface area contributed by atoms with Crippen molar-refractivity contribution in [1.29, 1.82) is 0 Å². The van der Waals surface area contributed by atoms with Gasteiger partial charge in [-0.15, -0.1) is 0 Å². The summed E-state index contributed by atoms with van der Waals surface area (Å²) in [5.74, 6) is -2.68. The molecule has 0 aromatic carbocycles. The van der Waals surface area contributed by atoms with Crippen LogP contribution in [-0.2, 0) is 0 Å². The zero-order valence-corrected chi connectivity index (χ0v) is 12.9. The predicted molar refractivity (Wildman–Crippen MR) is 82.3 cm³/mol. The summed E-state index contributed by atoms with van der Waals surface area (Å²) in [6.07, 6.45) is 5.01. The number of carbonyl (C=O) groups is 2. The summed E-state index contributed by atoms with van der Waals surface area (Å²) >= 11 is 0. The van der Waals surface area contributed by atoms with Gasteiger partial charge in [0.15, 0.2) is 11.6 Å². The van der Waals surface area contributed by atoms with Crippen LogP contribution in [0.3, 0.4) is 0 Å². The average molecular weight is 334 g/mol. The van der Waals surface area contributed by atoms with Gasteiger partial charge in [0.2, 0.25) is 0 Å². The maximum absolute atomic E-state index is 13.5. The largest absolute Gasteiger partial charge is 0.350 e. The Morgan fingerprint density at radius 3 is 2.08 bits per heavy atom. The second-order valence-corrected chi connectivity index (χ2v) is 5.00. The molecule has 2 aromatic rings. The van der Waals surface area contributed by atoms with Crippen molar-refractivity contribution in [3.05, 3.63) is 59.7 Å². The molecule has 8 heteroatoms. The van der Waals surface area contributed by atoms with Crippen molar-refractivity contribution in [3.8, 4) is 0 Å². The molecule has 1 atom stereocenters. The number of pyridine rings is 2. The van der Waals surface area contributed by atoms with E-state index in [1.807, 2.05) is 0 Å². The van der Waals surface area contributed by atoms with Gasteiger partial charge in [-0.05, 0) is 18.6 Å². The highest BCUT2D eigenvalue weighted by atomic mass is 19.1. The van der Waals surface area contributed by atoms with Crippen molar-refractivity contribution in [2.75, 3.05) is 6.54 Å². The van der Waals surface area contributed by atoms with E-state index in [2.05, 4.69) is 20.6 Å². The number of aromatic nitrogens is 2. The lowest BCUT2D eigenvalue weighted by Crippen LogP contribution is -2.43. The van der Waals surface area contributed by atoms with Crippen molar-refractivity contribution < 1.29 is 18.4 Å². The van der Waals surface area contributed by atoms with Crippen LogP contribution in [0.2, 0.25) is 0 Å². The summed E-state index contributed by atoms with van der Waals surface area (Å²) in [6.45, 7) is 1.88. The van der Waals surface area contributed by atoms with Gasteiger partial charge >= 0.3 is 0 Å². The Bertz CT molecular complexity index is 740. The zero-order valence-electron chi connectivity index (χ0n) is 12.9. The number of nitrogens with one attached hydrogen (secondary N) is 2. The van der Waals surface area contributed by atoms with Gasteiger partial charge in [0.25, 0.3) is 11.8 Å². The molecule has 0 aliphatic carbocycles. The predicted octanol–water partition coefficient (Wildman–Crippen LogP) is 1.69.